The topological polar surface area (TPSA) is 104 Å². The van der Waals surface area contributed by atoms with Crippen LogP contribution in [0.1, 0.15) is 30.4 Å². The molecular weight excluding hydrogens is 390 g/mol. The molecule has 1 aliphatic carbocycles. The number of carbonyl (C=O) groups is 2. The van der Waals surface area contributed by atoms with E-state index in [0.29, 0.717) is 18.5 Å². The quantitative estimate of drug-likeness (QED) is 0.643. The number of hydrogen-bond donors (Lipinski definition) is 3. The van der Waals surface area contributed by atoms with Gasteiger partial charge in [-0.2, -0.15) is 4.72 Å². The van der Waals surface area contributed by atoms with E-state index in [-0.39, 0.29) is 29.2 Å². The van der Waals surface area contributed by atoms with Gasteiger partial charge in [0.1, 0.15) is 6.04 Å². The van der Waals surface area contributed by atoms with Crippen LogP contribution >= 0.6 is 0 Å². The molecule has 1 aliphatic heterocycles. The molecular formula is C21H23N3O4S. The minimum absolute atomic E-state index is 0.0779. The highest BCUT2D eigenvalue weighted by Gasteiger charge is 2.31. The zero-order valence-electron chi connectivity index (χ0n) is 15.9. The Balaban J connectivity index is 1.56. The van der Waals surface area contributed by atoms with Gasteiger partial charge in [0.05, 0.1) is 4.90 Å². The van der Waals surface area contributed by atoms with Crippen LogP contribution < -0.4 is 15.4 Å². The van der Waals surface area contributed by atoms with Crippen molar-refractivity contribution in [2.75, 3.05) is 5.32 Å². The van der Waals surface area contributed by atoms with Gasteiger partial charge in [0.25, 0.3) is 0 Å². The molecule has 2 aromatic carbocycles. The molecule has 2 amide bonds. The predicted octanol–water partition coefficient (Wildman–Crippen LogP) is 1.74. The maximum atomic E-state index is 13.0. The first kappa shape index (κ1) is 19.6. The summed E-state index contributed by atoms with van der Waals surface area (Å²) in [6.07, 6.45) is 2.92. The van der Waals surface area contributed by atoms with Crippen LogP contribution in [0.15, 0.2) is 53.4 Å². The highest BCUT2D eigenvalue weighted by atomic mass is 32.2. The Morgan fingerprint density at radius 3 is 2.59 bits per heavy atom. The van der Waals surface area contributed by atoms with Gasteiger partial charge in [0.15, 0.2) is 0 Å². The average molecular weight is 413 g/mol. The molecule has 0 bridgehead atoms. The summed E-state index contributed by atoms with van der Waals surface area (Å²) in [5.41, 5.74) is 2.28. The van der Waals surface area contributed by atoms with Crippen molar-refractivity contribution in [2.45, 2.75) is 49.1 Å². The third-order valence-corrected chi connectivity index (χ3v) is 6.57. The molecule has 1 unspecified atom stereocenters. The van der Waals surface area contributed by atoms with E-state index in [2.05, 4.69) is 15.4 Å². The van der Waals surface area contributed by atoms with Gasteiger partial charge in [-0.1, -0.05) is 30.3 Å². The Kier molecular flexibility index (Phi) is 5.38. The molecule has 1 heterocycles. The third kappa shape index (κ3) is 4.83. The normalized spacial score (nSPS) is 17.2. The Morgan fingerprint density at radius 1 is 1.10 bits per heavy atom. The Morgan fingerprint density at radius 2 is 1.86 bits per heavy atom. The second-order valence-corrected chi connectivity index (χ2v) is 9.23. The first-order valence-corrected chi connectivity index (χ1v) is 11.2. The second kappa shape index (κ2) is 7.96. The van der Waals surface area contributed by atoms with Crippen molar-refractivity contribution in [2.24, 2.45) is 0 Å². The summed E-state index contributed by atoms with van der Waals surface area (Å²) in [5, 5.41) is 5.63. The number of amides is 2. The van der Waals surface area contributed by atoms with E-state index in [4.69, 9.17) is 0 Å². The summed E-state index contributed by atoms with van der Waals surface area (Å²) in [6, 6.07) is 13.2. The third-order valence-electron chi connectivity index (χ3n) is 5.10. The number of aryl methyl sites for hydroxylation is 1. The zero-order valence-corrected chi connectivity index (χ0v) is 16.7. The Hall–Kier alpha value is -2.71. The number of benzene rings is 2. The fourth-order valence-electron chi connectivity index (χ4n) is 3.35. The summed E-state index contributed by atoms with van der Waals surface area (Å²) in [5.74, 6) is -0.393. The molecule has 1 atom stereocenters. The second-order valence-electron chi connectivity index (χ2n) is 7.51. The van der Waals surface area contributed by atoms with Gasteiger partial charge in [-0.25, -0.2) is 8.42 Å². The number of carbonyl (C=O) groups excluding carboxylic acids is 2. The van der Waals surface area contributed by atoms with E-state index in [0.717, 1.165) is 24.0 Å². The standard InChI is InChI=1S/C21H23N3O4S/c25-20-11-6-15-13-17(9-10-18(15)23-20)29(27,28)24-19(21(26)22-16-7-8-16)12-14-4-2-1-3-5-14/h1-5,9-10,13,16,19,24H,6-8,11-12H2,(H,22,26)(H,23,25). The van der Waals surface area contributed by atoms with Gasteiger partial charge in [0, 0.05) is 18.2 Å². The van der Waals surface area contributed by atoms with Gasteiger partial charge in [-0.3, -0.25) is 9.59 Å². The monoisotopic (exact) mass is 413 g/mol. The largest absolute Gasteiger partial charge is 0.352 e. The van der Waals surface area contributed by atoms with Gasteiger partial charge < -0.3 is 10.6 Å². The van der Waals surface area contributed by atoms with Gasteiger partial charge in [-0.05, 0) is 55.0 Å². The number of fused-ring (bicyclic) bond motifs is 1. The summed E-state index contributed by atoms with van der Waals surface area (Å²) < 4.78 is 28.6. The molecule has 0 radical (unpaired) electrons. The minimum Gasteiger partial charge on any atom is -0.352 e. The molecule has 152 valence electrons. The van der Waals surface area contributed by atoms with Crippen LogP contribution in [0, 0.1) is 0 Å². The molecule has 0 spiro atoms. The zero-order chi connectivity index (χ0) is 20.4. The van der Waals surface area contributed by atoms with Crippen molar-refractivity contribution in [3.63, 3.8) is 0 Å². The molecule has 4 rings (SSSR count). The van der Waals surface area contributed by atoms with Crippen molar-refractivity contribution in [1.29, 1.82) is 0 Å². The number of hydrogen-bond acceptors (Lipinski definition) is 4. The molecule has 3 N–H and O–H groups in total. The lowest BCUT2D eigenvalue weighted by atomic mass is 10.0. The lowest BCUT2D eigenvalue weighted by Gasteiger charge is -2.20. The maximum Gasteiger partial charge on any atom is 0.241 e. The summed E-state index contributed by atoms with van der Waals surface area (Å²) >= 11 is 0. The maximum absolute atomic E-state index is 13.0. The van der Waals surface area contributed by atoms with Crippen molar-refractivity contribution in [3.05, 3.63) is 59.7 Å². The van der Waals surface area contributed by atoms with Crippen LogP contribution in [0.5, 0.6) is 0 Å². The summed E-state index contributed by atoms with van der Waals surface area (Å²) in [6.45, 7) is 0. The van der Waals surface area contributed by atoms with E-state index in [1.54, 1.807) is 12.1 Å². The molecule has 1 fully saturated rings. The molecule has 8 heteroatoms. The summed E-state index contributed by atoms with van der Waals surface area (Å²) in [7, 11) is -3.91. The van der Waals surface area contributed by atoms with E-state index in [9.17, 15) is 18.0 Å². The van der Waals surface area contributed by atoms with Crippen LogP contribution in [0.2, 0.25) is 0 Å². The van der Waals surface area contributed by atoms with Crippen LogP contribution in [-0.2, 0) is 32.5 Å². The van der Waals surface area contributed by atoms with E-state index >= 15 is 0 Å². The lowest BCUT2D eigenvalue weighted by molar-refractivity contribution is -0.122. The van der Waals surface area contributed by atoms with Crippen molar-refractivity contribution >= 4 is 27.5 Å². The van der Waals surface area contributed by atoms with Gasteiger partial charge in [-0.15, -0.1) is 0 Å². The SMILES string of the molecule is O=C1CCc2cc(S(=O)(=O)NC(Cc3ccccc3)C(=O)NC3CC3)ccc2N1. The fraction of sp³-hybridized carbons (Fsp3) is 0.333. The van der Waals surface area contributed by atoms with Crippen LogP contribution in [0.25, 0.3) is 0 Å². The Bertz CT molecular complexity index is 1030. The smallest absolute Gasteiger partial charge is 0.241 e. The molecule has 2 aliphatic rings. The van der Waals surface area contributed by atoms with Crippen molar-refractivity contribution < 1.29 is 18.0 Å². The van der Waals surface area contributed by atoms with Crippen LogP contribution in [0.4, 0.5) is 5.69 Å². The first-order chi connectivity index (χ1) is 13.9. The number of nitrogens with one attached hydrogen (secondary N) is 3. The van der Waals surface area contributed by atoms with E-state index in [1.807, 2.05) is 30.3 Å². The van der Waals surface area contributed by atoms with E-state index < -0.39 is 16.1 Å². The fourth-order valence-corrected chi connectivity index (χ4v) is 4.60. The lowest BCUT2D eigenvalue weighted by Crippen LogP contribution is -2.48. The molecule has 2 aromatic rings. The minimum atomic E-state index is -3.91. The average Bonchev–Trinajstić information content (AvgIpc) is 3.51. The van der Waals surface area contributed by atoms with Crippen LogP contribution in [-0.4, -0.2) is 32.3 Å². The molecule has 7 nitrogen and oxygen atoms in total. The van der Waals surface area contributed by atoms with Crippen molar-refractivity contribution in [1.82, 2.24) is 10.0 Å². The molecule has 1 saturated carbocycles. The van der Waals surface area contributed by atoms with E-state index in [1.165, 1.54) is 6.07 Å². The molecule has 29 heavy (non-hydrogen) atoms. The van der Waals surface area contributed by atoms with Crippen LogP contribution in [0.3, 0.4) is 0 Å². The molecule has 0 aromatic heterocycles. The number of anilines is 1. The Labute approximate surface area is 169 Å². The number of sulfonamides is 1. The highest BCUT2D eigenvalue weighted by molar-refractivity contribution is 7.89. The van der Waals surface area contributed by atoms with Crippen molar-refractivity contribution in [3.8, 4) is 0 Å². The number of rotatable bonds is 7. The first-order valence-electron chi connectivity index (χ1n) is 9.70. The van der Waals surface area contributed by atoms with Gasteiger partial charge in [0.2, 0.25) is 21.8 Å². The summed E-state index contributed by atoms with van der Waals surface area (Å²) in [4.78, 5) is 24.3. The van der Waals surface area contributed by atoms with Gasteiger partial charge >= 0.3 is 0 Å². The highest BCUT2D eigenvalue weighted by Crippen LogP contribution is 2.26. The predicted molar refractivity (Wildman–Crippen MR) is 109 cm³/mol. The molecule has 0 saturated heterocycles.